The highest BCUT2D eigenvalue weighted by atomic mass is 28.4. The zero-order chi connectivity index (χ0) is 45.2. The molecule has 0 aliphatic rings. The molecule has 0 radical (unpaired) electrons. The van der Waals surface area contributed by atoms with Gasteiger partial charge in [-0.05, 0) is 78.2 Å². The highest BCUT2D eigenvalue weighted by Gasteiger charge is 2.50. The lowest BCUT2D eigenvalue weighted by atomic mass is 10.0. The van der Waals surface area contributed by atoms with E-state index in [4.69, 9.17) is 32.5 Å². The lowest BCUT2D eigenvalue weighted by molar-refractivity contribution is -0.118. The summed E-state index contributed by atoms with van der Waals surface area (Å²) in [5, 5.41) is 13.8. The van der Waals surface area contributed by atoms with Crippen molar-refractivity contribution < 1.29 is 33.1 Å². The number of primary amides is 1. The Labute approximate surface area is 363 Å². The lowest BCUT2D eigenvalue weighted by Gasteiger charge is -2.43. The van der Waals surface area contributed by atoms with E-state index >= 15 is 0 Å². The van der Waals surface area contributed by atoms with E-state index in [1.165, 1.54) is 4.90 Å². The van der Waals surface area contributed by atoms with Crippen molar-refractivity contribution in [2.24, 2.45) is 11.7 Å². The van der Waals surface area contributed by atoms with E-state index in [-0.39, 0.29) is 62.3 Å². The Bertz CT molecular complexity index is 1940. The second kappa shape index (κ2) is 23.3. The van der Waals surface area contributed by atoms with Crippen LogP contribution in [0.4, 0.5) is 20.1 Å². The molecule has 0 aromatic heterocycles. The highest BCUT2D eigenvalue weighted by Crippen LogP contribution is 2.37. The zero-order valence-corrected chi connectivity index (χ0v) is 37.9. The molecule has 0 spiro atoms. The number of carbonyl (C=O) groups is 4. The molecule has 0 aliphatic heterocycles. The molecule has 61 heavy (non-hydrogen) atoms. The molecule has 0 bridgehead atoms. The van der Waals surface area contributed by atoms with Crippen LogP contribution < -0.4 is 37.4 Å². The molecular formula is C47H64N6O7Si. The van der Waals surface area contributed by atoms with Gasteiger partial charge < -0.3 is 40.9 Å². The maximum absolute atomic E-state index is 14.1. The molecular weight excluding hydrogens is 789 g/mol. The van der Waals surface area contributed by atoms with Gasteiger partial charge in [-0.25, -0.2) is 14.4 Å². The summed E-state index contributed by atoms with van der Waals surface area (Å²) in [6.07, 6.45) is 10.6. The monoisotopic (exact) mass is 852 g/mol. The molecule has 13 nitrogen and oxygen atoms in total. The van der Waals surface area contributed by atoms with Crippen LogP contribution in [0.25, 0.3) is 0 Å². The number of alkyl carbamates (subject to hydrolysis) is 1. The van der Waals surface area contributed by atoms with Crippen molar-refractivity contribution in [3.8, 4) is 24.7 Å². The van der Waals surface area contributed by atoms with Crippen LogP contribution in [0.3, 0.4) is 0 Å². The summed E-state index contributed by atoms with van der Waals surface area (Å²) >= 11 is 0. The predicted molar refractivity (Wildman–Crippen MR) is 244 cm³/mol. The largest absolute Gasteiger partial charge is 0.444 e. The standard InChI is InChI=1S/C47H64N6O7Si/c1-11-28-53(45(57)58-29-12-2)32-36-30-37(26-25-35(36)33-59-61(47(8,9)10,38-20-15-13-16-21-38)39-22-17-14-18-23-39)51-42(54)40(24-19-27-49-43(48)55)50-31-41(34(3)4)52-44(56)60-46(5,6)7/h1-2,13-18,20-23,25-26,30,34,40-41,50H,19,24,27-29,31-33H2,3-10H3,(H,51,54)(H,52,56)(H3,48,49,55)/t40-,41+/m0/s1. The molecule has 14 heteroatoms. The molecule has 0 saturated carbocycles. The second-order valence-corrected chi connectivity index (χ2v) is 21.4. The maximum atomic E-state index is 14.1. The molecule has 0 saturated heterocycles. The van der Waals surface area contributed by atoms with Gasteiger partial charge in [-0.1, -0.05) is 113 Å². The maximum Gasteiger partial charge on any atom is 0.411 e. The molecule has 0 heterocycles. The summed E-state index contributed by atoms with van der Waals surface area (Å²) in [5.41, 5.74) is 6.50. The molecule has 6 N–H and O–H groups in total. The fourth-order valence-corrected chi connectivity index (χ4v) is 11.4. The predicted octanol–water partition coefficient (Wildman–Crippen LogP) is 5.86. The number of carbonyl (C=O) groups excluding carboxylic acids is 4. The average molecular weight is 853 g/mol. The van der Waals surface area contributed by atoms with Crippen LogP contribution in [0.2, 0.25) is 5.04 Å². The third-order valence-electron chi connectivity index (χ3n) is 9.89. The minimum Gasteiger partial charge on any atom is -0.444 e. The number of rotatable bonds is 20. The smallest absolute Gasteiger partial charge is 0.411 e. The number of hydrogen-bond acceptors (Lipinski definition) is 8. The third kappa shape index (κ3) is 15.3. The van der Waals surface area contributed by atoms with Gasteiger partial charge in [-0.3, -0.25) is 9.69 Å². The van der Waals surface area contributed by atoms with Gasteiger partial charge in [0.05, 0.1) is 25.7 Å². The first-order valence-electron chi connectivity index (χ1n) is 20.5. The van der Waals surface area contributed by atoms with E-state index in [9.17, 15) is 19.2 Å². The summed E-state index contributed by atoms with van der Waals surface area (Å²) in [5.74, 6) is 4.50. The van der Waals surface area contributed by atoms with Gasteiger partial charge >= 0.3 is 18.2 Å². The average Bonchev–Trinajstić information content (AvgIpc) is 3.19. The van der Waals surface area contributed by atoms with Crippen LogP contribution in [-0.2, 0) is 31.8 Å². The molecule has 0 aliphatic carbocycles. The van der Waals surface area contributed by atoms with Crippen LogP contribution in [0.15, 0.2) is 78.9 Å². The van der Waals surface area contributed by atoms with E-state index in [2.05, 4.69) is 78.1 Å². The molecule has 5 amide bonds. The zero-order valence-electron chi connectivity index (χ0n) is 36.9. The van der Waals surface area contributed by atoms with Gasteiger partial charge in [0.2, 0.25) is 5.91 Å². The number of ether oxygens (including phenoxy) is 2. The van der Waals surface area contributed by atoms with Gasteiger partial charge in [0.25, 0.3) is 8.32 Å². The van der Waals surface area contributed by atoms with Crippen molar-refractivity contribution in [3.63, 3.8) is 0 Å². The first-order valence-corrected chi connectivity index (χ1v) is 22.4. The fourth-order valence-electron chi connectivity index (χ4n) is 6.89. The van der Waals surface area contributed by atoms with Gasteiger partial charge in [0.1, 0.15) is 5.60 Å². The number of anilines is 1. The summed E-state index contributed by atoms with van der Waals surface area (Å²) < 4.78 is 18.0. The van der Waals surface area contributed by atoms with Crippen LogP contribution in [-0.4, -0.2) is 81.3 Å². The normalized spacial score (nSPS) is 12.6. The Morgan fingerprint density at radius 2 is 1.49 bits per heavy atom. The van der Waals surface area contributed by atoms with Gasteiger partial charge in [0, 0.05) is 24.8 Å². The Kier molecular flexibility index (Phi) is 18.9. The van der Waals surface area contributed by atoms with E-state index in [0.717, 1.165) is 15.9 Å². The van der Waals surface area contributed by atoms with E-state index in [1.54, 1.807) is 32.9 Å². The van der Waals surface area contributed by atoms with E-state index in [0.29, 0.717) is 24.1 Å². The molecule has 328 valence electrons. The number of nitrogens with zero attached hydrogens (tertiary/aromatic N) is 1. The van der Waals surface area contributed by atoms with E-state index < -0.39 is 38.2 Å². The molecule has 0 fully saturated rings. The molecule has 0 unspecified atom stereocenters. The summed E-state index contributed by atoms with van der Waals surface area (Å²) in [7, 11) is -2.98. The van der Waals surface area contributed by atoms with Gasteiger partial charge in [-0.2, -0.15) is 0 Å². The number of amides is 5. The van der Waals surface area contributed by atoms with Crippen molar-refractivity contribution in [2.75, 3.05) is 31.6 Å². The topological polar surface area (TPSA) is 173 Å². The van der Waals surface area contributed by atoms with Crippen LogP contribution >= 0.6 is 0 Å². The van der Waals surface area contributed by atoms with Crippen molar-refractivity contribution in [1.82, 2.24) is 20.9 Å². The first-order chi connectivity index (χ1) is 28.8. The quantitative estimate of drug-likeness (QED) is 0.0534. The van der Waals surface area contributed by atoms with Crippen molar-refractivity contribution >= 4 is 48.5 Å². The summed E-state index contributed by atoms with van der Waals surface area (Å²) in [6.45, 7) is 16.3. The third-order valence-corrected chi connectivity index (χ3v) is 14.9. The van der Waals surface area contributed by atoms with Crippen LogP contribution in [0, 0.1) is 30.6 Å². The van der Waals surface area contributed by atoms with Crippen molar-refractivity contribution in [1.29, 1.82) is 0 Å². The van der Waals surface area contributed by atoms with E-state index in [1.807, 2.05) is 56.3 Å². The van der Waals surface area contributed by atoms with Crippen molar-refractivity contribution in [3.05, 3.63) is 90.0 Å². The first kappa shape index (κ1) is 49.6. The number of terminal acetylenes is 2. The fraction of sp³-hybridized carbons (Fsp3) is 0.447. The SMILES string of the molecule is C#CCOC(=O)N(CC#C)Cc1cc(NC(=O)[C@H](CCCNC(N)=O)NC[C@@H](NC(=O)OC(C)(C)C)C(C)C)ccc1CO[Si](c1ccccc1)(c1ccccc1)C(C)(C)C. The minimum atomic E-state index is -2.98. The van der Waals surface area contributed by atoms with Gasteiger partial charge in [-0.15, -0.1) is 12.8 Å². The molecule has 2 atom stereocenters. The Balaban J connectivity index is 2.04. The minimum absolute atomic E-state index is 0.000258. The lowest BCUT2D eigenvalue weighted by Crippen LogP contribution is -2.66. The Morgan fingerprint density at radius 3 is 2.02 bits per heavy atom. The molecule has 3 aromatic rings. The molecule has 3 aromatic carbocycles. The number of hydrogen-bond donors (Lipinski definition) is 5. The molecule has 3 rings (SSSR count). The van der Waals surface area contributed by atoms with Crippen molar-refractivity contribution in [2.45, 2.75) is 104 Å². The Hall–Kier alpha value is -5.80. The van der Waals surface area contributed by atoms with Gasteiger partial charge in [0.15, 0.2) is 6.61 Å². The second-order valence-electron chi connectivity index (χ2n) is 17.1. The Morgan fingerprint density at radius 1 is 0.869 bits per heavy atom. The summed E-state index contributed by atoms with van der Waals surface area (Å²) in [6, 6.07) is 24.2. The summed E-state index contributed by atoms with van der Waals surface area (Å²) in [4.78, 5) is 52.7. The van der Waals surface area contributed by atoms with Crippen LogP contribution in [0.5, 0.6) is 0 Å². The number of nitrogens with two attached hydrogens (primary N) is 1. The number of urea groups is 1. The van der Waals surface area contributed by atoms with Crippen LogP contribution in [0.1, 0.15) is 79.4 Å². The number of benzene rings is 3. The highest BCUT2D eigenvalue weighted by molar-refractivity contribution is 6.99. The number of nitrogens with one attached hydrogen (secondary N) is 4.